The van der Waals surface area contributed by atoms with Gasteiger partial charge in [0.05, 0.1) is 0 Å². The average Bonchev–Trinajstić information content (AvgIpc) is 3.06. The Bertz CT molecular complexity index is 1150. The highest BCUT2D eigenvalue weighted by molar-refractivity contribution is 6.06. The summed E-state index contributed by atoms with van der Waals surface area (Å²) < 4.78 is 6.05. The third-order valence-corrected chi connectivity index (χ3v) is 6.00. The second kappa shape index (κ2) is 7.26. The summed E-state index contributed by atoms with van der Waals surface area (Å²) in [6.45, 7) is 13.7. The summed E-state index contributed by atoms with van der Waals surface area (Å²) in [5, 5.41) is 2.34. The largest absolute Gasteiger partial charge is 0.456 e. The van der Waals surface area contributed by atoms with Gasteiger partial charge in [0.25, 0.3) is 0 Å². The Kier molecular flexibility index (Phi) is 4.90. The number of rotatable bonds is 4. The van der Waals surface area contributed by atoms with Crippen LogP contribution >= 0.6 is 0 Å². The van der Waals surface area contributed by atoms with Crippen molar-refractivity contribution in [2.24, 2.45) is 5.92 Å². The maximum atomic E-state index is 6.05. The molecule has 0 N–H and O–H groups in total. The summed E-state index contributed by atoms with van der Waals surface area (Å²) in [4.78, 5) is 2.47. The van der Waals surface area contributed by atoms with E-state index < -0.39 is 0 Å². The highest BCUT2D eigenvalue weighted by atomic mass is 16.3. The van der Waals surface area contributed by atoms with Crippen LogP contribution in [-0.4, -0.2) is 6.04 Å². The summed E-state index contributed by atoms with van der Waals surface area (Å²) in [5.74, 6) is 0.519. The Morgan fingerprint density at radius 2 is 1.41 bits per heavy atom. The van der Waals surface area contributed by atoms with Gasteiger partial charge in [-0.15, -0.1) is 0 Å². The molecule has 0 saturated carbocycles. The fraction of sp³-hybridized carbons (Fsp3) is 0.333. The van der Waals surface area contributed by atoms with Gasteiger partial charge in [-0.25, -0.2) is 0 Å². The molecule has 0 amide bonds. The molecule has 0 saturated heterocycles. The van der Waals surface area contributed by atoms with Gasteiger partial charge in [-0.1, -0.05) is 65.0 Å². The molecule has 1 atom stereocenters. The van der Waals surface area contributed by atoms with E-state index in [2.05, 4.69) is 101 Å². The van der Waals surface area contributed by atoms with Crippen molar-refractivity contribution < 1.29 is 4.42 Å². The molecule has 0 fully saturated rings. The molecule has 0 spiro atoms. The van der Waals surface area contributed by atoms with Crippen molar-refractivity contribution in [1.82, 2.24) is 0 Å². The number of anilines is 2. The van der Waals surface area contributed by atoms with Gasteiger partial charge in [-0.2, -0.15) is 0 Å². The molecule has 0 aliphatic rings. The molecule has 2 nitrogen and oxygen atoms in total. The standard InChI is InChI=1S/C27H31NO/c1-18(2)19(3)28(21-11-9-10-20(16-21)27(4,5)6)22-14-15-26-24(17-22)23-12-7-8-13-25(23)29-26/h7-19H,1-6H3. The van der Waals surface area contributed by atoms with E-state index in [0.717, 1.165) is 11.2 Å². The van der Waals surface area contributed by atoms with Gasteiger partial charge in [0.2, 0.25) is 0 Å². The van der Waals surface area contributed by atoms with Gasteiger partial charge < -0.3 is 9.32 Å². The normalized spacial score (nSPS) is 13.3. The SMILES string of the molecule is CC(C)C(C)N(c1cccc(C(C)(C)C)c1)c1ccc2oc3ccccc3c2c1. The number of furan rings is 1. The highest BCUT2D eigenvalue weighted by Gasteiger charge is 2.22. The van der Waals surface area contributed by atoms with Crippen molar-refractivity contribution in [3.05, 3.63) is 72.3 Å². The molecule has 29 heavy (non-hydrogen) atoms. The first kappa shape index (κ1) is 19.6. The lowest BCUT2D eigenvalue weighted by molar-refractivity contribution is 0.518. The molecule has 0 bridgehead atoms. The summed E-state index contributed by atoms with van der Waals surface area (Å²) >= 11 is 0. The van der Waals surface area contributed by atoms with Gasteiger partial charge in [-0.05, 0) is 60.2 Å². The maximum Gasteiger partial charge on any atom is 0.135 e. The van der Waals surface area contributed by atoms with Crippen LogP contribution in [0.1, 0.15) is 47.1 Å². The van der Waals surface area contributed by atoms with Crippen molar-refractivity contribution in [2.45, 2.75) is 53.0 Å². The minimum Gasteiger partial charge on any atom is -0.456 e. The topological polar surface area (TPSA) is 16.4 Å². The van der Waals surface area contributed by atoms with E-state index in [4.69, 9.17) is 4.42 Å². The third-order valence-electron chi connectivity index (χ3n) is 6.00. The first-order valence-corrected chi connectivity index (χ1v) is 10.6. The molecule has 0 aliphatic carbocycles. The Hall–Kier alpha value is -2.74. The van der Waals surface area contributed by atoms with Gasteiger partial charge >= 0.3 is 0 Å². The van der Waals surface area contributed by atoms with Crippen molar-refractivity contribution in [2.75, 3.05) is 4.90 Å². The van der Waals surface area contributed by atoms with Gasteiger partial charge in [0, 0.05) is 28.2 Å². The van der Waals surface area contributed by atoms with Crippen LogP contribution in [0.5, 0.6) is 0 Å². The van der Waals surface area contributed by atoms with Crippen molar-refractivity contribution in [3.8, 4) is 0 Å². The van der Waals surface area contributed by atoms with E-state index in [1.165, 1.54) is 27.7 Å². The molecule has 4 rings (SSSR count). The minimum absolute atomic E-state index is 0.119. The number of para-hydroxylation sites is 1. The molecule has 0 radical (unpaired) electrons. The van der Waals surface area contributed by atoms with E-state index in [0.29, 0.717) is 12.0 Å². The highest BCUT2D eigenvalue weighted by Crippen LogP contribution is 2.37. The molecular formula is C27H31NO. The number of nitrogens with zero attached hydrogens (tertiary/aromatic N) is 1. The fourth-order valence-corrected chi connectivity index (χ4v) is 3.90. The average molecular weight is 386 g/mol. The zero-order valence-electron chi connectivity index (χ0n) is 18.4. The van der Waals surface area contributed by atoms with E-state index in [1.54, 1.807) is 0 Å². The Morgan fingerprint density at radius 1 is 0.724 bits per heavy atom. The molecular weight excluding hydrogens is 354 g/mol. The summed E-state index contributed by atoms with van der Waals surface area (Å²) in [6.07, 6.45) is 0. The number of fused-ring (bicyclic) bond motifs is 3. The van der Waals surface area contributed by atoms with Crippen molar-refractivity contribution in [3.63, 3.8) is 0 Å². The monoisotopic (exact) mass is 385 g/mol. The van der Waals surface area contributed by atoms with Crippen LogP contribution in [0.25, 0.3) is 21.9 Å². The molecule has 150 valence electrons. The van der Waals surface area contributed by atoms with Gasteiger partial charge in [0.15, 0.2) is 0 Å². The third kappa shape index (κ3) is 3.64. The van der Waals surface area contributed by atoms with Crippen LogP contribution in [0.2, 0.25) is 0 Å². The lowest BCUT2D eigenvalue weighted by Gasteiger charge is -2.35. The van der Waals surface area contributed by atoms with Crippen LogP contribution < -0.4 is 4.90 Å². The molecule has 0 aliphatic heterocycles. The summed E-state index contributed by atoms with van der Waals surface area (Å²) in [5.41, 5.74) is 5.80. The van der Waals surface area contributed by atoms with Gasteiger partial charge in [-0.3, -0.25) is 0 Å². The zero-order valence-corrected chi connectivity index (χ0v) is 18.4. The van der Waals surface area contributed by atoms with E-state index in [1.807, 2.05) is 12.1 Å². The maximum absolute atomic E-state index is 6.05. The predicted octanol–water partition coefficient (Wildman–Crippen LogP) is 8.07. The first-order chi connectivity index (χ1) is 13.8. The molecule has 2 heteroatoms. The smallest absolute Gasteiger partial charge is 0.135 e. The second-order valence-corrected chi connectivity index (χ2v) is 9.43. The number of hydrogen-bond acceptors (Lipinski definition) is 2. The molecule has 3 aromatic carbocycles. The lowest BCUT2D eigenvalue weighted by atomic mass is 9.86. The summed E-state index contributed by atoms with van der Waals surface area (Å²) in [7, 11) is 0. The molecule has 1 heterocycles. The van der Waals surface area contributed by atoms with Gasteiger partial charge in [0.1, 0.15) is 11.2 Å². The van der Waals surface area contributed by atoms with Crippen LogP contribution in [0.4, 0.5) is 11.4 Å². The van der Waals surface area contributed by atoms with Crippen molar-refractivity contribution >= 4 is 33.3 Å². The number of benzene rings is 3. The van der Waals surface area contributed by atoms with E-state index >= 15 is 0 Å². The fourth-order valence-electron chi connectivity index (χ4n) is 3.90. The Balaban J connectivity index is 1.89. The van der Waals surface area contributed by atoms with E-state index in [9.17, 15) is 0 Å². The quantitative estimate of drug-likeness (QED) is 0.353. The van der Waals surface area contributed by atoms with Crippen LogP contribution in [0.3, 0.4) is 0 Å². The summed E-state index contributed by atoms with van der Waals surface area (Å²) in [6, 6.07) is 24.2. The predicted molar refractivity (Wildman–Crippen MR) is 125 cm³/mol. The van der Waals surface area contributed by atoms with Crippen LogP contribution in [0, 0.1) is 5.92 Å². The molecule has 1 aromatic heterocycles. The second-order valence-electron chi connectivity index (χ2n) is 9.43. The Labute approximate surface area is 174 Å². The zero-order chi connectivity index (χ0) is 20.8. The number of hydrogen-bond donors (Lipinski definition) is 0. The molecule has 4 aromatic rings. The Morgan fingerprint density at radius 3 is 2.14 bits per heavy atom. The minimum atomic E-state index is 0.119. The lowest BCUT2D eigenvalue weighted by Crippen LogP contribution is -2.33. The van der Waals surface area contributed by atoms with E-state index in [-0.39, 0.29) is 5.41 Å². The van der Waals surface area contributed by atoms with Crippen LogP contribution in [0.15, 0.2) is 71.1 Å². The van der Waals surface area contributed by atoms with Crippen LogP contribution in [-0.2, 0) is 5.41 Å². The first-order valence-electron chi connectivity index (χ1n) is 10.6. The van der Waals surface area contributed by atoms with Crippen molar-refractivity contribution in [1.29, 1.82) is 0 Å². The molecule has 1 unspecified atom stereocenters.